The zero-order valence-corrected chi connectivity index (χ0v) is 39.6. The fourth-order valence-electron chi connectivity index (χ4n) is 12.2. The predicted octanol–water partition coefficient (Wildman–Crippen LogP) is 18.1. The Bertz CT molecular complexity index is 4040. The van der Waals surface area contributed by atoms with Gasteiger partial charge in [0.15, 0.2) is 5.58 Å². The Morgan fingerprint density at radius 3 is 2.06 bits per heavy atom. The molecule has 2 nitrogen and oxygen atoms in total. The largest absolute Gasteiger partial charge is 0.454 e. The number of aromatic nitrogens is 1. The van der Waals surface area contributed by atoms with Crippen LogP contribution in [0.15, 0.2) is 217 Å². The summed E-state index contributed by atoms with van der Waals surface area (Å²) in [6.45, 7) is 6.98. The van der Waals surface area contributed by atoms with Gasteiger partial charge in [-0.05, 0) is 122 Å². The number of para-hydroxylation sites is 1. The maximum atomic E-state index is 6.56. The number of furan rings is 1. The van der Waals surface area contributed by atoms with E-state index in [1.165, 1.54) is 81.4 Å². The summed E-state index contributed by atoms with van der Waals surface area (Å²) in [5.74, 6) is 0.334. The molecule has 0 saturated heterocycles. The molecule has 2 unspecified atom stereocenters. The van der Waals surface area contributed by atoms with Crippen LogP contribution in [-0.4, -0.2) is 4.98 Å². The van der Waals surface area contributed by atoms with Gasteiger partial charge in [0.1, 0.15) is 11.1 Å². The molecule has 14 rings (SSSR count). The van der Waals surface area contributed by atoms with Crippen LogP contribution in [0.3, 0.4) is 0 Å². The van der Waals surface area contributed by atoms with Crippen molar-refractivity contribution in [2.45, 2.75) is 43.9 Å². The molecule has 328 valence electrons. The van der Waals surface area contributed by atoms with E-state index in [2.05, 4.69) is 221 Å². The minimum atomic E-state index is -0.154. The van der Waals surface area contributed by atoms with Crippen LogP contribution in [0.4, 0.5) is 0 Å². The highest BCUT2D eigenvalue weighted by atomic mass is 32.1. The molecule has 3 aromatic heterocycles. The number of hydrogen-bond acceptors (Lipinski definition) is 3. The summed E-state index contributed by atoms with van der Waals surface area (Å²) in [6, 6.07) is 78.7. The first-order valence-electron chi connectivity index (χ1n) is 24.2. The van der Waals surface area contributed by atoms with E-state index in [0.717, 1.165) is 56.4 Å². The summed E-state index contributed by atoms with van der Waals surface area (Å²) < 4.78 is 9.19. The molecule has 0 spiro atoms. The highest BCUT2D eigenvalue weighted by molar-refractivity contribution is 7.26. The van der Waals surface area contributed by atoms with Crippen molar-refractivity contribution in [3.63, 3.8) is 0 Å². The average molecular weight is 902 g/mol. The molecule has 2 aliphatic carbocycles. The van der Waals surface area contributed by atoms with Crippen LogP contribution in [0.25, 0.3) is 98.0 Å². The number of pyridine rings is 1. The lowest BCUT2D eigenvalue weighted by Gasteiger charge is -2.25. The van der Waals surface area contributed by atoms with Crippen molar-refractivity contribution in [3.8, 4) is 55.8 Å². The third-order valence-electron chi connectivity index (χ3n) is 15.7. The normalized spacial score (nSPS) is 16.9. The van der Waals surface area contributed by atoms with E-state index in [9.17, 15) is 0 Å². The van der Waals surface area contributed by atoms with Crippen molar-refractivity contribution < 1.29 is 4.42 Å². The number of fused-ring (bicyclic) bond motifs is 9. The second kappa shape index (κ2) is 15.1. The Kier molecular flexibility index (Phi) is 8.79. The maximum Gasteiger partial charge on any atom is 0.161 e. The SMILES string of the molecule is Cc1c(-c2cccc(-c3cccc4sc5cc(C6CC6(c6cccc(-c7ccccc7)c6)c6ccc7c(c6)C(C)(C)c6ccccc6-7)ccc5c34)c2)nc2c(oc3ccccc32)c1-c1ccccc1. The maximum absolute atomic E-state index is 6.56. The molecule has 1 saturated carbocycles. The van der Waals surface area contributed by atoms with E-state index >= 15 is 0 Å². The first-order valence-corrected chi connectivity index (χ1v) is 25.0. The number of rotatable bonds is 7. The first kappa shape index (κ1) is 40.2. The number of nitrogens with zero attached hydrogens (tertiary/aromatic N) is 1. The Labute approximate surface area is 406 Å². The van der Waals surface area contributed by atoms with Crippen molar-refractivity contribution in [2.75, 3.05) is 0 Å². The van der Waals surface area contributed by atoms with Crippen molar-refractivity contribution in [2.24, 2.45) is 0 Å². The number of benzene rings is 9. The van der Waals surface area contributed by atoms with E-state index in [-0.39, 0.29) is 10.8 Å². The van der Waals surface area contributed by atoms with E-state index < -0.39 is 0 Å². The molecular formula is C66H47NOS. The van der Waals surface area contributed by atoms with Gasteiger partial charge in [0, 0.05) is 47.5 Å². The minimum absolute atomic E-state index is 0.0741. The molecule has 3 heteroatoms. The molecule has 69 heavy (non-hydrogen) atoms. The van der Waals surface area contributed by atoms with Gasteiger partial charge in [0.05, 0.1) is 5.69 Å². The molecule has 0 N–H and O–H groups in total. The smallest absolute Gasteiger partial charge is 0.161 e. The topological polar surface area (TPSA) is 26.0 Å². The zero-order valence-electron chi connectivity index (χ0n) is 38.8. The summed E-state index contributed by atoms with van der Waals surface area (Å²) in [6.07, 6.45) is 1.06. The van der Waals surface area contributed by atoms with Crippen LogP contribution in [0.1, 0.15) is 59.6 Å². The predicted molar refractivity (Wildman–Crippen MR) is 289 cm³/mol. The third kappa shape index (κ3) is 6.06. The van der Waals surface area contributed by atoms with E-state index in [4.69, 9.17) is 9.40 Å². The van der Waals surface area contributed by atoms with Gasteiger partial charge in [0.2, 0.25) is 0 Å². The summed E-state index contributed by atoms with van der Waals surface area (Å²) in [7, 11) is 0. The average Bonchev–Trinajstić information content (AvgIpc) is 3.80. The highest BCUT2D eigenvalue weighted by Gasteiger charge is 2.57. The van der Waals surface area contributed by atoms with Gasteiger partial charge in [-0.25, -0.2) is 4.98 Å². The second-order valence-electron chi connectivity index (χ2n) is 19.8. The molecule has 2 atom stereocenters. The molecule has 2 aliphatic rings. The molecule has 0 radical (unpaired) electrons. The van der Waals surface area contributed by atoms with Crippen molar-refractivity contribution in [1.82, 2.24) is 4.98 Å². The zero-order chi connectivity index (χ0) is 46.0. The van der Waals surface area contributed by atoms with Gasteiger partial charge >= 0.3 is 0 Å². The fourth-order valence-corrected chi connectivity index (χ4v) is 13.4. The molecule has 0 aliphatic heterocycles. The lowest BCUT2D eigenvalue weighted by Crippen LogP contribution is -2.17. The van der Waals surface area contributed by atoms with Crippen LogP contribution >= 0.6 is 11.3 Å². The minimum Gasteiger partial charge on any atom is -0.454 e. The fraction of sp³-hybridized carbons (Fsp3) is 0.106. The lowest BCUT2D eigenvalue weighted by molar-refractivity contribution is 0.657. The van der Waals surface area contributed by atoms with Gasteiger partial charge in [-0.3, -0.25) is 0 Å². The van der Waals surface area contributed by atoms with Gasteiger partial charge < -0.3 is 4.42 Å². The van der Waals surface area contributed by atoms with E-state index in [1.807, 2.05) is 23.5 Å². The molecule has 12 aromatic rings. The van der Waals surface area contributed by atoms with Gasteiger partial charge in [-0.2, -0.15) is 0 Å². The van der Waals surface area contributed by atoms with Gasteiger partial charge in [-0.15, -0.1) is 11.3 Å². The van der Waals surface area contributed by atoms with Crippen molar-refractivity contribution in [3.05, 3.63) is 246 Å². The molecular weight excluding hydrogens is 855 g/mol. The summed E-state index contributed by atoms with van der Waals surface area (Å²) in [4.78, 5) is 5.41. The first-order chi connectivity index (χ1) is 33.8. The monoisotopic (exact) mass is 901 g/mol. The number of hydrogen-bond donors (Lipinski definition) is 0. The Balaban J connectivity index is 0.882. The highest BCUT2D eigenvalue weighted by Crippen LogP contribution is 2.66. The Morgan fingerprint density at radius 2 is 1.19 bits per heavy atom. The Morgan fingerprint density at radius 1 is 0.507 bits per heavy atom. The third-order valence-corrected chi connectivity index (χ3v) is 16.8. The molecule has 9 aromatic carbocycles. The van der Waals surface area contributed by atoms with E-state index in [1.54, 1.807) is 0 Å². The van der Waals surface area contributed by atoms with Crippen molar-refractivity contribution in [1.29, 1.82) is 0 Å². The molecule has 0 bridgehead atoms. The van der Waals surface area contributed by atoms with Crippen LogP contribution in [0.2, 0.25) is 0 Å². The van der Waals surface area contributed by atoms with Crippen LogP contribution in [0.5, 0.6) is 0 Å². The lowest BCUT2D eigenvalue weighted by atomic mass is 9.78. The van der Waals surface area contributed by atoms with Gasteiger partial charge in [-0.1, -0.05) is 196 Å². The summed E-state index contributed by atoms with van der Waals surface area (Å²) in [5.41, 5.74) is 22.5. The Hall–Kier alpha value is -7.85. The molecule has 1 fully saturated rings. The van der Waals surface area contributed by atoms with E-state index in [0.29, 0.717) is 5.92 Å². The van der Waals surface area contributed by atoms with Crippen LogP contribution < -0.4 is 0 Å². The molecule has 3 heterocycles. The quantitative estimate of drug-likeness (QED) is 0.159. The summed E-state index contributed by atoms with van der Waals surface area (Å²) >= 11 is 1.91. The molecule has 0 amide bonds. The van der Waals surface area contributed by atoms with Gasteiger partial charge in [0.25, 0.3) is 0 Å². The van der Waals surface area contributed by atoms with Crippen LogP contribution in [-0.2, 0) is 10.8 Å². The van der Waals surface area contributed by atoms with Crippen molar-refractivity contribution >= 4 is 53.6 Å². The van der Waals surface area contributed by atoms with Crippen LogP contribution in [0, 0.1) is 6.92 Å². The number of thiophene rings is 1. The standard InChI is InChI=1S/C66H47NOS/c1-40-60(42-19-8-5-9-20-42)64-63(52-26-11-13-29-57(52)68-64)67-62(40)46-23-14-22-44(35-46)49-27-16-30-58-61(49)53-33-31-45(37-59(53)69-58)56-39-66(56,47-24-15-21-43(36-47)41-17-6-4-7-18-41)48-32-34-51-50-25-10-12-28-54(50)65(2,3)55(51)38-48/h4-38,56H,39H2,1-3H3. The summed E-state index contributed by atoms with van der Waals surface area (Å²) in [5, 5.41) is 3.65. The second-order valence-corrected chi connectivity index (χ2v) is 20.9.